The minimum Gasteiger partial charge on any atom is -0.478 e. The highest BCUT2D eigenvalue weighted by atomic mass is 19.1. The van der Waals surface area contributed by atoms with Crippen LogP contribution in [0.5, 0.6) is 0 Å². The van der Waals surface area contributed by atoms with E-state index in [0.29, 0.717) is 11.3 Å². The van der Waals surface area contributed by atoms with Crippen LogP contribution in [-0.4, -0.2) is 36.7 Å². The van der Waals surface area contributed by atoms with Gasteiger partial charge in [0.2, 0.25) is 0 Å². The smallest absolute Gasteiger partial charge is 0.338 e. The van der Waals surface area contributed by atoms with Crippen molar-refractivity contribution >= 4 is 23.4 Å². The summed E-state index contributed by atoms with van der Waals surface area (Å²) >= 11 is 0. The molecular formula is C16H13FN6O3. The first-order valence-corrected chi connectivity index (χ1v) is 7.36. The van der Waals surface area contributed by atoms with Gasteiger partial charge in [-0.3, -0.25) is 9.48 Å². The van der Waals surface area contributed by atoms with Gasteiger partial charge in [0, 0.05) is 18.6 Å². The Morgan fingerprint density at radius 1 is 1.27 bits per heavy atom. The van der Waals surface area contributed by atoms with Crippen LogP contribution < -0.4 is 11.1 Å². The number of aromatic carboxylic acids is 1. The number of carbonyl (C=O) groups excluding carboxylic acids is 1. The van der Waals surface area contributed by atoms with Crippen LogP contribution in [0.3, 0.4) is 0 Å². The molecule has 0 unspecified atom stereocenters. The molecule has 9 nitrogen and oxygen atoms in total. The minimum atomic E-state index is -1.35. The Hall–Kier alpha value is -3.82. The topological polar surface area (TPSA) is 136 Å². The van der Waals surface area contributed by atoms with Crippen molar-refractivity contribution in [2.45, 2.75) is 6.54 Å². The number of amides is 1. The van der Waals surface area contributed by atoms with Gasteiger partial charge in [-0.05, 0) is 17.7 Å². The van der Waals surface area contributed by atoms with Crippen LogP contribution >= 0.6 is 0 Å². The highest BCUT2D eigenvalue weighted by Crippen LogP contribution is 2.14. The van der Waals surface area contributed by atoms with E-state index in [1.165, 1.54) is 41.6 Å². The van der Waals surface area contributed by atoms with E-state index in [4.69, 9.17) is 10.8 Å². The van der Waals surface area contributed by atoms with Crippen molar-refractivity contribution in [3.63, 3.8) is 0 Å². The van der Waals surface area contributed by atoms with Crippen LogP contribution in [0.2, 0.25) is 0 Å². The quantitative estimate of drug-likeness (QED) is 0.628. The first-order valence-electron chi connectivity index (χ1n) is 7.36. The molecule has 0 aliphatic rings. The van der Waals surface area contributed by atoms with Gasteiger partial charge in [0.25, 0.3) is 5.91 Å². The molecule has 26 heavy (non-hydrogen) atoms. The van der Waals surface area contributed by atoms with Crippen molar-refractivity contribution in [1.82, 2.24) is 19.7 Å². The van der Waals surface area contributed by atoms with Crippen molar-refractivity contribution in [3.8, 4) is 0 Å². The molecule has 1 amide bonds. The zero-order valence-corrected chi connectivity index (χ0v) is 13.3. The van der Waals surface area contributed by atoms with E-state index in [-0.39, 0.29) is 18.1 Å². The largest absolute Gasteiger partial charge is 0.478 e. The molecule has 2 aromatic heterocycles. The lowest BCUT2D eigenvalue weighted by Gasteiger charge is -2.05. The number of hydrogen-bond acceptors (Lipinski definition) is 6. The fourth-order valence-corrected chi connectivity index (χ4v) is 2.25. The van der Waals surface area contributed by atoms with Crippen molar-refractivity contribution in [2.75, 3.05) is 11.1 Å². The molecule has 10 heteroatoms. The zero-order chi connectivity index (χ0) is 18.7. The number of aromatic nitrogens is 4. The number of hydrogen-bond donors (Lipinski definition) is 3. The summed E-state index contributed by atoms with van der Waals surface area (Å²) in [6.07, 6.45) is 5.67. The van der Waals surface area contributed by atoms with Crippen LogP contribution in [0, 0.1) is 5.82 Å². The molecular weight excluding hydrogens is 343 g/mol. The number of carboxylic acid groups (broad SMARTS) is 1. The summed E-state index contributed by atoms with van der Waals surface area (Å²) in [4.78, 5) is 30.8. The van der Waals surface area contributed by atoms with Gasteiger partial charge in [-0.1, -0.05) is 6.07 Å². The molecule has 0 fully saturated rings. The third-order valence-corrected chi connectivity index (χ3v) is 3.44. The molecule has 0 bridgehead atoms. The monoisotopic (exact) mass is 356 g/mol. The maximum absolute atomic E-state index is 13.4. The van der Waals surface area contributed by atoms with Gasteiger partial charge in [-0.25, -0.2) is 19.2 Å². The Kier molecular flexibility index (Phi) is 4.56. The van der Waals surface area contributed by atoms with Gasteiger partial charge >= 0.3 is 5.97 Å². The van der Waals surface area contributed by atoms with E-state index in [2.05, 4.69) is 20.4 Å². The van der Waals surface area contributed by atoms with Crippen molar-refractivity contribution in [2.24, 2.45) is 0 Å². The second-order valence-corrected chi connectivity index (χ2v) is 5.29. The lowest BCUT2D eigenvalue weighted by molar-refractivity contribution is 0.0691. The molecule has 0 saturated carbocycles. The Morgan fingerprint density at radius 2 is 2.04 bits per heavy atom. The summed E-state index contributed by atoms with van der Waals surface area (Å²) in [5.74, 6) is -2.69. The Balaban J connectivity index is 1.72. The number of anilines is 2. The van der Waals surface area contributed by atoms with E-state index in [9.17, 15) is 14.0 Å². The molecule has 1 aromatic carbocycles. The standard InChI is InChI=1S/C16H13FN6O3/c17-12-2-1-9(5-11(12)16(25)26)7-23-8-10(6-21-23)22-15(24)13-14(18)20-4-3-19-13/h1-6,8H,7H2,(H2,18,20)(H,22,24)(H,25,26). The third kappa shape index (κ3) is 3.64. The fourth-order valence-electron chi connectivity index (χ4n) is 2.25. The maximum atomic E-state index is 13.4. The number of rotatable bonds is 5. The maximum Gasteiger partial charge on any atom is 0.338 e. The Bertz CT molecular complexity index is 988. The number of nitrogen functional groups attached to an aromatic ring is 1. The van der Waals surface area contributed by atoms with Crippen molar-refractivity contribution < 1.29 is 19.1 Å². The normalized spacial score (nSPS) is 10.5. The summed E-state index contributed by atoms with van der Waals surface area (Å²) in [6, 6.07) is 3.78. The Labute approximate surface area is 146 Å². The van der Waals surface area contributed by atoms with E-state index in [1.54, 1.807) is 0 Å². The summed E-state index contributed by atoms with van der Waals surface area (Å²) < 4.78 is 14.9. The molecule has 2 heterocycles. The number of nitrogens with zero attached hydrogens (tertiary/aromatic N) is 4. The molecule has 4 N–H and O–H groups in total. The van der Waals surface area contributed by atoms with Gasteiger partial charge in [-0.15, -0.1) is 0 Å². The predicted molar refractivity (Wildman–Crippen MR) is 89.1 cm³/mol. The van der Waals surface area contributed by atoms with Crippen LogP contribution in [0.15, 0.2) is 43.0 Å². The van der Waals surface area contributed by atoms with Crippen molar-refractivity contribution in [1.29, 1.82) is 0 Å². The van der Waals surface area contributed by atoms with E-state index in [0.717, 1.165) is 6.07 Å². The highest BCUT2D eigenvalue weighted by molar-refractivity contribution is 6.05. The molecule has 132 valence electrons. The van der Waals surface area contributed by atoms with Gasteiger partial charge in [0.15, 0.2) is 11.5 Å². The SMILES string of the molecule is Nc1nccnc1C(=O)Nc1cnn(Cc2ccc(F)c(C(=O)O)c2)c1. The fraction of sp³-hybridized carbons (Fsp3) is 0.0625. The Morgan fingerprint density at radius 3 is 2.77 bits per heavy atom. The third-order valence-electron chi connectivity index (χ3n) is 3.44. The predicted octanol–water partition coefficient (Wildman–Crippen LogP) is 1.39. The number of halogens is 1. The van der Waals surface area contributed by atoms with Gasteiger partial charge in [-0.2, -0.15) is 5.10 Å². The number of carbonyl (C=O) groups is 2. The molecule has 0 spiro atoms. The second-order valence-electron chi connectivity index (χ2n) is 5.29. The van der Waals surface area contributed by atoms with Gasteiger partial charge in [0.1, 0.15) is 5.82 Å². The number of benzene rings is 1. The summed E-state index contributed by atoms with van der Waals surface area (Å²) in [7, 11) is 0. The van der Waals surface area contributed by atoms with Crippen LogP contribution in [0.25, 0.3) is 0 Å². The zero-order valence-electron chi connectivity index (χ0n) is 13.3. The van der Waals surface area contributed by atoms with Crippen LogP contribution in [-0.2, 0) is 6.54 Å². The van der Waals surface area contributed by atoms with Crippen molar-refractivity contribution in [3.05, 3.63) is 65.6 Å². The van der Waals surface area contributed by atoms with Crippen LogP contribution in [0.4, 0.5) is 15.9 Å². The molecule has 0 radical (unpaired) electrons. The van der Waals surface area contributed by atoms with Gasteiger partial charge < -0.3 is 16.2 Å². The molecule has 0 aliphatic heterocycles. The summed E-state index contributed by atoms with van der Waals surface area (Å²) in [5.41, 5.74) is 6.11. The number of nitrogens with two attached hydrogens (primary N) is 1. The lowest BCUT2D eigenvalue weighted by Crippen LogP contribution is -2.16. The minimum absolute atomic E-state index is 0.00454. The highest BCUT2D eigenvalue weighted by Gasteiger charge is 2.14. The van der Waals surface area contributed by atoms with Gasteiger partial charge in [0.05, 0.1) is 24.0 Å². The first kappa shape index (κ1) is 17.0. The second kappa shape index (κ2) is 6.97. The average Bonchev–Trinajstić information content (AvgIpc) is 3.03. The van der Waals surface area contributed by atoms with Crippen LogP contribution in [0.1, 0.15) is 26.4 Å². The number of carboxylic acids is 1. The molecule has 0 atom stereocenters. The number of nitrogens with one attached hydrogen (secondary N) is 1. The van der Waals surface area contributed by atoms with E-state index in [1.807, 2.05) is 0 Å². The molecule has 3 aromatic rings. The first-order chi connectivity index (χ1) is 12.4. The molecule has 0 saturated heterocycles. The lowest BCUT2D eigenvalue weighted by atomic mass is 10.1. The average molecular weight is 356 g/mol. The summed E-state index contributed by atoms with van der Waals surface area (Å²) in [5, 5.41) is 15.6. The molecule has 0 aliphatic carbocycles. The van der Waals surface area contributed by atoms with E-state index < -0.39 is 23.3 Å². The van der Waals surface area contributed by atoms with E-state index >= 15 is 0 Å². The summed E-state index contributed by atoms with van der Waals surface area (Å²) in [6.45, 7) is 0.198. The molecule has 3 rings (SSSR count).